The van der Waals surface area contributed by atoms with Crippen LogP contribution in [0.15, 0.2) is 72.8 Å². The first-order valence-corrected chi connectivity index (χ1v) is 9.83. The molecular weight excluding hydrogens is 378 g/mol. The molecule has 0 aliphatic carbocycles. The van der Waals surface area contributed by atoms with E-state index in [0.717, 1.165) is 22.5 Å². The van der Waals surface area contributed by atoms with Crippen LogP contribution in [0.5, 0.6) is 0 Å². The lowest BCUT2D eigenvalue weighted by Crippen LogP contribution is -2.04. The molecule has 4 aromatic rings. The summed E-state index contributed by atoms with van der Waals surface area (Å²) in [7, 11) is 0. The van der Waals surface area contributed by atoms with Gasteiger partial charge < -0.3 is 0 Å². The minimum atomic E-state index is 0.466. The standard InChI is InChI=1S/C25H20ClN3/c1-17-25(22-12-13-23(15-27)24(26)14-22)18(2)29(28-17)16-19-8-10-21(11-9-19)20-6-4-3-5-7-20/h3-14H,16H2,1-2H3. The van der Waals surface area contributed by atoms with Gasteiger partial charge in [-0.15, -0.1) is 0 Å². The summed E-state index contributed by atoms with van der Waals surface area (Å²) >= 11 is 6.24. The molecule has 1 aromatic heterocycles. The number of halogens is 1. The third-order valence-corrected chi connectivity index (χ3v) is 5.47. The van der Waals surface area contributed by atoms with Crippen LogP contribution in [0.3, 0.4) is 0 Å². The fraction of sp³-hybridized carbons (Fsp3) is 0.120. The molecule has 0 aliphatic rings. The van der Waals surface area contributed by atoms with Crippen LogP contribution in [-0.4, -0.2) is 9.78 Å². The molecule has 0 saturated carbocycles. The quantitative estimate of drug-likeness (QED) is 0.399. The van der Waals surface area contributed by atoms with Gasteiger partial charge in [0, 0.05) is 11.3 Å². The summed E-state index contributed by atoms with van der Waals surface area (Å²) in [6.45, 7) is 4.77. The number of nitrogens with zero attached hydrogens (tertiary/aromatic N) is 3. The van der Waals surface area contributed by atoms with Gasteiger partial charge in [0.2, 0.25) is 0 Å². The highest BCUT2D eigenvalue weighted by Gasteiger charge is 2.15. The van der Waals surface area contributed by atoms with Crippen molar-refractivity contribution in [3.63, 3.8) is 0 Å². The molecule has 0 aliphatic heterocycles. The van der Waals surface area contributed by atoms with Crippen molar-refractivity contribution in [3.8, 4) is 28.3 Å². The van der Waals surface area contributed by atoms with Crippen LogP contribution in [0.2, 0.25) is 5.02 Å². The Kier molecular flexibility index (Phi) is 5.20. The van der Waals surface area contributed by atoms with Crippen molar-refractivity contribution in [2.75, 3.05) is 0 Å². The molecular formula is C25H20ClN3. The average molecular weight is 398 g/mol. The fourth-order valence-corrected chi connectivity index (χ4v) is 3.86. The zero-order valence-electron chi connectivity index (χ0n) is 16.4. The van der Waals surface area contributed by atoms with E-state index >= 15 is 0 Å². The molecule has 4 rings (SSSR count). The molecule has 3 nitrogen and oxygen atoms in total. The molecule has 0 fully saturated rings. The second-order valence-electron chi connectivity index (χ2n) is 7.07. The molecule has 0 unspecified atom stereocenters. The molecule has 0 spiro atoms. The van der Waals surface area contributed by atoms with Gasteiger partial charge in [0.05, 0.1) is 22.8 Å². The van der Waals surface area contributed by atoms with Crippen molar-refractivity contribution in [1.29, 1.82) is 5.26 Å². The van der Waals surface area contributed by atoms with Gasteiger partial charge in [-0.2, -0.15) is 10.4 Å². The van der Waals surface area contributed by atoms with Crippen LogP contribution < -0.4 is 0 Å². The summed E-state index contributed by atoms with van der Waals surface area (Å²) in [5.41, 5.74) is 8.17. The highest BCUT2D eigenvalue weighted by Crippen LogP contribution is 2.31. The maximum atomic E-state index is 9.10. The Morgan fingerprint density at radius 2 is 1.55 bits per heavy atom. The molecule has 1 heterocycles. The number of rotatable bonds is 4. The lowest BCUT2D eigenvalue weighted by Gasteiger charge is -2.08. The summed E-state index contributed by atoms with van der Waals surface area (Å²) in [6, 6.07) is 26.6. The maximum absolute atomic E-state index is 9.10. The summed E-state index contributed by atoms with van der Waals surface area (Å²) in [6.07, 6.45) is 0. The Morgan fingerprint density at radius 1 is 0.897 bits per heavy atom. The summed E-state index contributed by atoms with van der Waals surface area (Å²) in [4.78, 5) is 0. The molecule has 0 N–H and O–H groups in total. The molecule has 0 atom stereocenters. The van der Waals surface area contributed by atoms with Crippen LogP contribution in [0.4, 0.5) is 0 Å². The fourth-order valence-electron chi connectivity index (χ4n) is 3.64. The van der Waals surface area contributed by atoms with Gasteiger partial charge >= 0.3 is 0 Å². The zero-order valence-corrected chi connectivity index (χ0v) is 17.1. The Balaban J connectivity index is 1.62. The maximum Gasteiger partial charge on any atom is 0.101 e. The highest BCUT2D eigenvalue weighted by molar-refractivity contribution is 6.32. The van der Waals surface area contributed by atoms with Gasteiger partial charge in [-0.25, -0.2) is 0 Å². The molecule has 29 heavy (non-hydrogen) atoms. The smallest absolute Gasteiger partial charge is 0.101 e. The van der Waals surface area contributed by atoms with Gasteiger partial charge in [-0.3, -0.25) is 4.68 Å². The molecule has 0 saturated heterocycles. The zero-order chi connectivity index (χ0) is 20.4. The van der Waals surface area contributed by atoms with E-state index in [1.54, 1.807) is 6.07 Å². The third kappa shape index (κ3) is 3.81. The topological polar surface area (TPSA) is 41.6 Å². The first-order chi connectivity index (χ1) is 14.1. The number of aromatic nitrogens is 2. The molecule has 4 heteroatoms. The Hall–Kier alpha value is -3.35. The normalized spacial score (nSPS) is 10.7. The predicted molar refractivity (Wildman–Crippen MR) is 118 cm³/mol. The number of hydrogen-bond acceptors (Lipinski definition) is 2. The van der Waals surface area contributed by atoms with Gasteiger partial charge in [-0.1, -0.05) is 72.3 Å². The monoisotopic (exact) mass is 397 g/mol. The van der Waals surface area contributed by atoms with Gasteiger partial charge in [0.15, 0.2) is 0 Å². The van der Waals surface area contributed by atoms with E-state index in [9.17, 15) is 0 Å². The number of aryl methyl sites for hydroxylation is 1. The second kappa shape index (κ2) is 7.95. The van der Waals surface area contributed by atoms with Crippen molar-refractivity contribution in [1.82, 2.24) is 9.78 Å². The molecule has 0 radical (unpaired) electrons. The first-order valence-electron chi connectivity index (χ1n) is 9.45. The molecule has 0 amide bonds. The Labute approximate surface area is 175 Å². The first kappa shape index (κ1) is 19.0. The van der Waals surface area contributed by atoms with Gasteiger partial charge in [0.25, 0.3) is 0 Å². The molecule has 142 valence electrons. The minimum absolute atomic E-state index is 0.466. The van der Waals surface area contributed by atoms with Crippen molar-refractivity contribution in [3.05, 3.63) is 100 Å². The number of hydrogen-bond donors (Lipinski definition) is 0. The number of nitriles is 1. The van der Waals surface area contributed by atoms with Crippen molar-refractivity contribution >= 4 is 11.6 Å². The van der Waals surface area contributed by atoms with E-state index in [1.165, 1.54) is 16.7 Å². The van der Waals surface area contributed by atoms with E-state index in [-0.39, 0.29) is 0 Å². The largest absolute Gasteiger partial charge is 0.265 e. The van der Waals surface area contributed by atoms with E-state index in [2.05, 4.69) is 61.5 Å². The second-order valence-corrected chi connectivity index (χ2v) is 7.48. The average Bonchev–Trinajstić information content (AvgIpc) is 3.02. The number of benzene rings is 3. The summed E-state index contributed by atoms with van der Waals surface area (Å²) in [5.74, 6) is 0. The lowest BCUT2D eigenvalue weighted by atomic mass is 10.0. The van der Waals surface area contributed by atoms with Crippen molar-refractivity contribution < 1.29 is 0 Å². The molecule has 3 aromatic carbocycles. The van der Waals surface area contributed by atoms with Crippen LogP contribution in [0.1, 0.15) is 22.5 Å². The predicted octanol–water partition coefficient (Wildman–Crippen LogP) is 6.41. The van der Waals surface area contributed by atoms with E-state index in [1.807, 2.05) is 29.8 Å². The van der Waals surface area contributed by atoms with Crippen LogP contribution >= 0.6 is 11.6 Å². The van der Waals surface area contributed by atoms with Crippen molar-refractivity contribution in [2.45, 2.75) is 20.4 Å². The van der Waals surface area contributed by atoms with Gasteiger partial charge in [-0.05, 0) is 48.2 Å². The van der Waals surface area contributed by atoms with Crippen LogP contribution in [0.25, 0.3) is 22.3 Å². The van der Waals surface area contributed by atoms with Crippen LogP contribution in [-0.2, 0) is 6.54 Å². The minimum Gasteiger partial charge on any atom is -0.265 e. The van der Waals surface area contributed by atoms with Crippen molar-refractivity contribution in [2.24, 2.45) is 0 Å². The Morgan fingerprint density at radius 3 is 2.21 bits per heavy atom. The molecule has 0 bridgehead atoms. The van der Waals surface area contributed by atoms with E-state index in [0.29, 0.717) is 17.1 Å². The van der Waals surface area contributed by atoms with Crippen LogP contribution in [0, 0.1) is 25.2 Å². The summed E-state index contributed by atoms with van der Waals surface area (Å²) < 4.78 is 2.02. The Bertz CT molecular complexity index is 1200. The van der Waals surface area contributed by atoms with E-state index < -0.39 is 0 Å². The third-order valence-electron chi connectivity index (χ3n) is 5.15. The highest BCUT2D eigenvalue weighted by atomic mass is 35.5. The SMILES string of the molecule is Cc1nn(Cc2ccc(-c3ccccc3)cc2)c(C)c1-c1ccc(C#N)c(Cl)c1. The van der Waals surface area contributed by atoms with E-state index in [4.69, 9.17) is 22.0 Å². The van der Waals surface area contributed by atoms with Gasteiger partial charge in [0.1, 0.15) is 6.07 Å². The summed E-state index contributed by atoms with van der Waals surface area (Å²) in [5, 5.41) is 14.3. The lowest BCUT2D eigenvalue weighted by molar-refractivity contribution is 0.659.